The zero-order valence-electron chi connectivity index (χ0n) is 15.6. The summed E-state index contributed by atoms with van der Waals surface area (Å²) in [5.74, 6) is 0.476. The molecule has 1 aliphatic rings. The van der Waals surface area contributed by atoms with Crippen molar-refractivity contribution in [2.75, 3.05) is 13.1 Å². The fourth-order valence-electron chi connectivity index (χ4n) is 3.27. The lowest BCUT2D eigenvalue weighted by atomic mass is 9.99. The van der Waals surface area contributed by atoms with Crippen LogP contribution in [0.1, 0.15) is 69.5 Å². The van der Waals surface area contributed by atoms with Gasteiger partial charge in [-0.3, -0.25) is 9.59 Å². The molecular formula is C20H31N3O2. The third-order valence-electron chi connectivity index (χ3n) is 4.87. The predicted molar refractivity (Wildman–Crippen MR) is 100 cm³/mol. The summed E-state index contributed by atoms with van der Waals surface area (Å²) >= 11 is 0. The first-order valence-corrected chi connectivity index (χ1v) is 9.36. The summed E-state index contributed by atoms with van der Waals surface area (Å²) in [4.78, 5) is 26.3. The molecule has 1 saturated heterocycles. The second-order valence-corrected chi connectivity index (χ2v) is 7.17. The zero-order valence-corrected chi connectivity index (χ0v) is 15.6. The molecule has 2 unspecified atom stereocenters. The second kappa shape index (κ2) is 8.99. The number of nitrogens with two attached hydrogens (primary N) is 1. The van der Waals surface area contributed by atoms with Crippen LogP contribution >= 0.6 is 0 Å². The van der Waals surface area contributed by atoms with Gasteiger partial charge in [-0.1, -0.05) is 45.0 Å². The van der Waals surface area contributed by atoms with Crippen LogP contribution in [0.2, 0.25) is 0 Å². The molecule has 3 N–H and O–H groups in total. The molecule has 138 valence electrons. The highest BCUT2D eigenvalue weighted by Crippen LogP contribution is 2.20. The Morgan fingerprint density at radius 3 is 2.48 bits per heavy atom. The van der Waals surface area contributed by atoms with Gasteiger partial charge in [-0.15, -0.1) is 0 Å². The molecule has 5 heteroatoms. The van der Waals surface area contributed by atoms with Crippen molar-refractivity contribution in [1.82, 2.24) is 10.2 Å². The van der Waals surface area contributed by atoms with Crippen LogP contribution in [0.3, 0.4) is 0 Å². The molecule has 2 atom stereocenters. The van der Waals surface area contributed by atoms with Crippen LogP contribution in [0.25, 0.3) is 0 Å². The van der Waals surface area contributed by atoms with Crippen LogP contribution in [0.5, 0.6) is 0 Å². The van der Waals surface area contributed by atoms with E-state index in [1.807, 2.05) is 19.1 Å². The minimum atomic E-state index is -0.338. The number of carbonyl (C=O) groups excluding carboxylic acids is 2. The first-order chi connectivity index (χ1) is 11.9. The summed E-state index contributed by atoms with van der Waals surface area (Å²) in [5.41, 5.74) is 8.50. The lowest BCUT2D eigenvalue weighted by Gasteiger charge is -2.24. The van der Waals surface area contributed by atoms with Gasteiger partial charge in [0.1, 0.15) is 6.04 Å². The Morgan fingerprint density at radius 1 is 1.24 bits per heavy atom. The fourth-order valence-corrected chi connectivity index (χ4v) is 3.27. The maximum Gasteiger partial charge on any atom is 0.242 e. The number of nitrogens with one attached hydrogen (secondary N) is 1. The number of hydrogen-bond acceptors (Lipinski definition) is 3. The van der Waals surface area contributed by atoms with E-state index in [-0.39, 0.29) is 23.9 Å². The Balaban J connectivity index is 1.89. The Morgan fingerprint density at radius 2 is 1.88 bits per heavy atom. The Bertz CT molecular complexity index is 583. The molecule has 25 heavy (non-hydrogen) atoms. The van der Waals surface area contributed by atoms with E-state index in [9.17, 15) is 9.59 Å². The monoisotopic (exact) mass is 345 g/mol. The molecule has 2 rings (SSSR count). The van der Waals surface area contributed by atoms with E-state index in [1.54, 1.807) is 4.90 Å². The van der Waals surface area contributed by atoms with E-state index < -0.39 is 0 Å². The van der Waals surface area contributed by atoms with E-state index in [0.717, 1.165) is 24.8 Å². The third-order valence-corrected chi connectivity index (χ3v) is 4.87. The van der Waals surface area contributed by atoms with Gasteiger partial charge in [-0.25, -0.2) is 0 Å². The molecule has 5 nitrogen and oxygen atoms in total. The molecule has 0 spiro atoms. The highest BCUT2D eigenvalue weighted by atomic mass is 16.2. The van der Waals surface area contributed by atoms with Gasteiger partial charge in [0.2, 0.25) is 11.8 Å². The number of rotatable bonds is 7. The average Bonchev–Trinajstić information content (AvgIpc) is 3.09. The second-order valence-electron chi connectivity index (χ2n) is 7.17. The molecule has 2 amide bonds. The van der Waals surface area contributed by atoms with Gasteiger partial charge in [0.05, 0.1) is 0 Å². The molecule has 1 fully saturated rings. The van der Waals surface area contributed by atoms with Gasteiger partial charge in [-0.05, 0) is 36.3 Å². The molecule has 0 aromatic heterocycles. The molecule has 1 heterocycles. The van der Waals surface area contributed by atoms with Gasteiger partial charge in [0.25, 0.3) is 0 Å². The van der Waals surface area contributed by atoms with Crippen LogP contribution < -0.4 is 11.1 Å². The summed E-state index contributed by atoms with van der Waals surface area (Å²) in [6, 6.07) is 7.64. The van der Waals surface area contributed by atoms with Crippen molar-refractivity contribution in [2.45, 2.75) is 64.5 Å². The minimum absolute atomic E-state index is 0.0775. The quantitative estimate of drug-likeness (QED) is 0.798. The van der Waals surface area contributed by atoms with Crippen molar-refractivity contribution < 1.29 is 9.59 Å². The summed E-state index contributed by atoms with van der Waals surface area (Å²) in [7, 11) is 0. The molecule has 1 aromatic carbocycles. The van der Waals surface area contributed by atoms with E-state index in [1.165, 1.54) is 5.56 Å². The third kappa shape index (κ3) is 5.05. The molecule has 0 aliphatic carbocycles. The van der Waals surface area contributed by atoms with Crippen molar-refractivity contribution in [2.24, 2.45) is 5.73 Å². The van der Waals surface area contributed by atoms with E-state index >= 15 is 0 Å². The molecular weight excluding hydrogens is 314 g/mol. The Kier molecular flexibility index (Phi) is 7.00. The highest BCUT2D eigenvalue weighted by molar-refractivity contribution is 5.88. The number of likely N-dealkylation sites (tertiary alicyclic amines) is 1. The molecule has 1 aromatic rings. The lowest BCUT2D eigenvalue weighted by Crippen LogP contribution is -2.47. The maximum absolute atomic E-state index is 12.5. The summed E-state index contributed by atoms with van der Waals surface area (Å²) < 4.78 is 0. The van der Waals surface area contributed by atoms with E-state index in [0.29, 0.717) is 25.4 Å². The standard InChI is InChI=1S/C20H31N3O2/c1-4-6-19(24)23-12-5-7-18(23)20(25)22-13-17(21)16-10-8-15(9-11-16)14(2)3/h8-11,14,17-18H,4-7,12-13,21H2,1-3H3,(H,22,25). The van der Waals surface area contributed by atoms with Gasteiger partial charge in [-0.2, -0.15) is 0 Å². The molecule has 0 radical (unpaired) electrons. The first kappa shape index (κ1) is 19.4. The zero-order chi connectivity index (χ0) is 18.4. The number of benzene rings is 1. The van der Waals surface area contributed by atoms with E-state index in [2.05, 4.69) is 31.3 Å². The summed E-state index contributed by atoms with van der Waals surface area (Å²) in [6.45, 7) is 7.35. The number of amides is 2. The average molecular weight is 345 g/mol. The van der Waals surface area contributed by atoms with Crippen molar-refractivity contribution in [3.05, 3.63) is 35.4 Å². The van der Waals surface area contributed by atoms with Crippen molar-refractivity contribution in [1.29, 1.82) is 0 Å². The summed E-state index contributed by atoms with van der Waals surface area (Å²) in [6.07, 6.45) is 2.93. The first-order valence-electron chi connectivity index (χ1n) is 9.36. The van der Waals surface area contributed by atoms with Crippen LogP contribution in [-0.4, -0.2) is 35.8 Å². The number of hydrogen-bond donors (Lipinski definition) is 2. The van der Waals surface area contributed by atoms with Crippen LogP contribution in [0.4, 0.5) is 0 Å². The van der Waals surface area contributed by atoms with Crippen molar-refractivity contribution >= 4 is 11.8 Å². The number of nitrogens with zero attached hydrogens (tertiary/aromatic N) is 1. The van der Waals surface area contributed by atoms with Gasteiger partial charge >= 0.3 is 0 Å². The largest absolute Gasteiger partial charge is 0.352 e. The Hall–Kier alpha value is -1.88. The molecule has 0 bridgehead atoms. The number of carbonyl (C=O) groups is 2. The maximum atomic E-state index is 12.5. The van der Waals surface area contributed by atoms with Gasteiger partial charge in [0, 0.05) is 25.6 Å². The molecule has 0 saturated carbocycles. The SMILES string of the molecule is CCCC(=O)N1CCCC1C(=O)NCC(N)c1ccc(C(C)C)cc1. The van der Waals surface area contributed by atoms with Crippen LogP contribution in [0.15, 0.2) is 24.3 Å². The van der Waals surface area contributed by atoms with Crippen LogP contribution in [-0.2, 0) is 9.59 Å². The fraction of sp³-hybridized carbons (Fsp3) is 0.600. The smallest absolute Gasteiger partial charge is 0.242 e. The van der Waals surface area contributed by atoms with Gasteiger partial charge in [0.15, 0.2) is 0 Å². The minimum Gasteiger partial charge on any atom is -0.352 e. The predicted octanol–water partition coefficient (Wildman–Crippen LogP) is 2.72. The molecule has 1 aliphatic heterocycles. The van der Waals surface area contributed by atoms with Gasteiger partial charge < -0.3 is 16.0 Å². The van der Waals surface area contributed by atoms with Crippen molar-refractivity contribution in [3.8, 4) is 0 Å². The van der Waals surface area contributed by atoms with Crippen molar-refractivity contribution in [3.63, 3.8) is 0 Å². The lowest BCUT2D eigenvalue weighted by molar-refractivity contribution is -0.138. The van der Waals surface area contributed by atoms with Crippen LogP contribution in [0, 0.1) is 0 Å². The van der Waals surface area contributed by atoms with E-state index in [4.69, 9.17) is 5.73 Å². The normalized spacial score (nSPS) is 18.4. The highest BCUT2D eigenvalue weighted by Gasteiger charge is 2.33. The topological polar surface area (TPSA) is 75.4 Å². The Labute approximate surface area is 151 Å². The summed E-state index contributed by atoms with van der Waals surface area (Å²) in [5, 5.41) is 2.93.